The largest absolute Gasteiger partial charge is 0.306 e. The summed E-state index contributed by atoms with van der Waals surface area (Å²) in [5.41, 5.74) is 6.88. The molecule has 3 aromatic heterocycles. The molecule has 3 heterocycles. The minimum atomic E-state index is 0.247. The van der Waals surface area contributed by atoms with Gasteiger partial charge in [0.2, 0.25) is 0 Å². The fourth-order valence-electron chi connectivity index (χ4n) is 3.40. The molecule has 5 heteroatoms. The summed E-state index contributed by atoms with van der Waals surface area (Å²) in [5, 5.41) is 8.06. The number of benzene rings is 1. The predicted molar refractivity (Wildman–Crippen MR) is 116 cm³/mol. The van der Waals surface area contributed by atoms with Gasteiger partial charge in [-0.05, 0) is 67.3 Å². The molecule has 0 aliphatic rings. The van der Waals surface area contributed by atoms with Crippen LogP contribution in [0.15, 0.2) is 73.2 Å². The molecule has 0 aliphatic carbocycles. The van der Waals surface area contributed by atoms with Crippen LogP contribution in [0.25, 0.3) is 16.9 Å². The van der Waals surface area contributed by atoms with E-state index in [1.165, 1.54) is 16.7 Å². The first-order valence-corrected chi connectivity index (χ1v) is 9.82. The lowest BCUT2D eigenvalue weighted by atomic mass is 10.0. The molecule has 0 bridgehead atoms. The van der Waals surface area contributed by atoms with E-state index < -0.39 is 0 Å². The van der Waals surface area contributed by atoms with Crippen molar-refractivity contribution in [2.75, 3.05) is 0 Å². The molecule has 0 saturated carbocycles. The number of hydrogen-bond donors (Lipinski definition) is 1. The summed E-state index contributed by atoms with van der Waals surface area (Å²) in [7, 11) is 0. The highest BCUT2D eigenvalue weighted by atomic mass is 15.3. The average molecular weight is 383 g/mol. The van der Waals surface area contributed by atoms with Crippen LogP contribution < -0.4 is 5.32 Å². The molecular weight excluding hydrogens is 358 g/mol. The van der Waals surface area contributed by atoms with E-state index in [4.69, 9.17) is 0 Å². The number of rotatable bonds is 6. The number of aryl methyl sites for hydroxylation is 2. The standard InChI is InChI=1S/C24H25N5/c1-17-14-18(2)29(28-17)24-9-4-20(16-27-24)15-26-19(3)21-5-7-22(8-6-21)23-10-12-25-13-11-23/h4-14,16,19,26H,15H2,1-3H3. The quantitative estimate of drug-likeness (QED) is 0.520. The van der Waals surface area contributed by atoms with Crippen molar-refractivity contribution in [1.82, 2.24) is 25.1 Å². The van der Waals surface area contributed by atoms with E-state index in [0.717, 1.165) is 29.3 Å². The van der Waals surface area contributed by atoms with Crippen LogP contribution in [0.2, 0.25) is 0 Å². The zero-order chi connectivity index (χ0) is 20.2. The van der Waals surface area contributed by atoms with Crippen molar-refractivity contribution >= 4 is 0 Å². The number of nitrogens with one attached hydrogen (secondary N) is 1. The second-order valence-electron chi connectivity index (χ2n) is 7.32. The summed E-state index contributed by atoms with van der Waals surface area (Å²) >= 11 is 0. The number of aromatic nitrogens is 4. The normalized spacial score (nSPS) is 12.1. The summed E-state index contributed by atoms with van der Waals surface area (Å²) in [5.74, 6) is 0.846. The Morgan fingerprint density at radius 3 is 2.28 bits per heavy atom. The minimum Gasteiger partial charge on any atom is -0.306 e. The van der Waals surface area contributed by atoms with Gasteiger partial charge in [-0.3, -0.25) is 4.98 Å². The molecule has 0 fully saturated rings. The molecule has 1 unspecified atom stereocenters. The summed E-state index contributed by atoms with van der Waals surface area (Å²) in [6.07, 6.45) is 5.56. The highest BCUT2D eigenvalue weighted by Crippen LogP contribution is 2.21. The van der Waals surface area contributed by atoms with Gasteiger partial charge in [0.1, 0.15) is 0 Å². The molecule has 4 rings (SSSR count). The molecule has 29 heavy (non-hydrogen) atoms. The van der Waals surface area contributed by atoms with Crippen LogP contribution in [0.5, 0.6) is 0 Å². The lowest BCUT2D eigenvalue weighted by Crippen LogP contribution is -2.18. The van der Waals surface area contributed by atoms with Crippen LogP contribution in [-0.2, 0) is 6.54 Å². The predicted octanol–water partition coefficient (Wildman–Crippen LogP) is 4.80. The zero-order valence-electron chi connectivity index (χ0n) is 17.0. The number of pyridine rings is 2. The maximum atomic E-state index is 4.57. The van der Waals surface area contributed by atoms with E-state index in [1.807, 2.05) is 55.3 Å². The number of nitrogens with zero attached hydrogens (tertiary/aromatic N) is 4. The van der Waals surface area contributed by atoms with Gasteiger partial charge in [-0.25, -0.2) is 9.67 Å². The van der Waals surface area contributed by atoms with Gasteiger partial charge in [-0.2, -0.15) is 5.10 Å². The highest BCUT2D eigenvalue weighted by Gasteiger charge is 2.08. The van der Waals surface area contributed by atoms with Gasteiger partial charge in [-0.1, -0.05) is 30.3 Å². The molecule has 0 aliphatic heterocycles. The molecule has 1 atom stereocenters. The Balaban J connectivity index is 1.38. The topological polar surface area (TPSA) is 55.6 Å². The summed E-state index contributed by atoms with van der Waals surface area (Å²) in [4.78, 5) is 8.65. The highest BCUT2D eigenvalue weighted by molar-refractivity contribution is 5.62. The third kappa shape index (κ3) is 4.41. The van der Waals surface area contributed by atoms with Gasteiger partial charge < -0.3 is 5.32 Å². The summed E-state index contributed by atoms with van der Waals surface area (Å²) in [6.45, 7) is 6.97. The van der Waals surface area contributed by atoms with E-state index >= 15 is 0 Å². The molecule has 5 nitrogen and oxygen atoms in total. The second kappa shape index (κ2) is 8.37. The van der Waals surface area contributed by atoms with E-state index in [0.29, 0.717) is 0 Å². The van der Waals surface area contributed by atoms with Crippen LogP contribution in [0.3, 0.4) is 0 Å². The Hall–Kier alpha value is -3.31. The van der Waals surface area contributed by atoms with Gasteiger partial charge in [0.25, 0.3) is 0 Å². The first-order valence-electron chi connectivity index (χ1n) is 9.82. The van der Waals surface area contributed by atoms with Crippen molar-refractivity contribution in [3.8, 4) is 16.9 Å². The molecule has 4 aromatic rings. The molecule has 1 aromatic carbocycles. The van der Waals surface area contributed by atoms with Crippen molar-refractivity contribution < 1.29 is 0 Å². The van der Waals surface area contributed by atoms with Crippen LogP contribution in [0.4, 0.5) is 0 Å². The maximum Gasteiger partial charge on any atom is 0.153 e. The van der Waals surface area contributed by atoms with Crippen LogP contribution in [-0.4, -0.2) is 19.7 Å². The Morgan fingerprint density at radius 1 is 0.931 bits per heavy atom. The van der Waals surface area contributed by atoms with E-state index in [9.17, 15) is 0 Å². The lowest BCUT2D eigenvalue weighted by molar-refractivity contribution is 0.573. The van der Waals surface area contributed by atoms with Gasteiger partial charge in [0.05, 0.1) is 5.69 Å². The van der Waals surface area contributed by atoms with Crippen LogP contribution in [0.1, 0.15) is 35.5 Å². The van der Waals surface area contributed by atoms with Gasteiger partial charge >= 0.3 is 0 Å². The Bertz CT molecular complexity index is 1070. The van der Waals surface area contributed by atoms with Crippen LogP contribution in [0, 0.1) is 13.8 Å². The fraction of sp³-hybridized carbons (Fsp3) is 0.208. The zero-order valence-corrected chi connectivity index (χ0v) is 17.0. The van der Waals surface area contributed by atoms with Crippen molar-refractivity contribution in [2.45, 2.75) is 33.4 Å². The van der Waals surface area contributed by atoms with Gasteiger partial charge in [0, 0.05) is 36.9 Å². The van der Waals surface area contributed by atoms with Crippen molar-refractivity contribution in [2.24, 2.45) is 0 Å². The number of hydrogen-bond acceptors (Lipinski definition) is 4. The molecule has 1 N–H and O–H groups in total. The monoisotopic (exact) mass is 383 g/mol. The Morgan fingerprint density at radius 2 is 1.66 bits per heavy atom. The average Bonchev–Trinajstić information content (AvgIpc) is 3.11. The SMILES string of the molecule is Cc1cc(C)n(-c2ccc(CNC(C)c3ccc(-c4ccncc4)cc3)cn2)n1. The van der Waals surface area contributed by atoms with Crippen molar-refractivity contribution in [3.05, 3.63) is 95.7 Å². The third-order valence-corrected chi connectivity index (χ3v) is 5.07. The minimum absolute atomic E-state index is 0.247. The molecule has 0 amide bonds. The first-order chi connectivity index (χ1) is 14.1. The molecule has 0 spiro atoms. The maximum absolute atomic E-state index is 4.57. The van der Waals surface area contributed by atoms with Gasteiger partial charge in [-0.15, -0.1) is 0 Å². The van der Waals surface area contributed by atoms with Gasteiger partial charge in [0.15, 0.2) is 5.82 Å². The Labute approximate surface area is 171 Å². The van der Waals surface area contributed by atoms with E-state index in [1.54, 1.807) is 0 Å². The molecule has 0 saturated heterocycles. The smallest absolute Gasteiger partial charge is 0.153 e. The van der Waals surface area contributed by atoms with Crippen molar-refractivity contribution in [1.29, 1.82) is 0 Å². The fourth-order valence-corrected chi connectivity index (χ4v) is 3.40. The molecule has 0 radical (unpaired) electrons. The third-order valence-electron chi connectivity index (χ3n) is 5.07. The Kier molecular flexibility index (Phi) is 5.49. The summed E-state index contributed by atoms with van der Waals surface area (Å²) < 4.78 is 1.87. The van der Waals surface area contributed by atoms with Crippen LogP contribution >= 0.6 is 0 Å². The lowest BCUT2D eigenvalue weighted by Gasteiger charge is -2.15. The summed E-state index contributed by atoms with van der Waals surface area (Å²) in [6, 6.07) is 19.2. The second-order valence-corrected chi connectivity index (χ2v) is 7.32. The van der Waals surface area contributed by atoms with Crippen molar-refractivity contribution in [3.63, 3.8) is 0 Å². The molecular formula is C24H25N5. The van der Waals surface area contributed by atoms with E-state index in [-0.39, 0.29) is 6.04 Å². The molecule has 146 valence electrons. The first kappa shape index (κ1) is 19.0. The van der Waals surface area contributed by atoms with E-state index in [2.05, 4.69) is 63.7 Å².